The van der Waals surface area contributed by atoms with Gasteiger partial charge in [0.15, 0.2) is 0 Å². The highest BCUT2D eigenvalue weighted by Gasteiger charge is 2.26. The van der Waals surface area contributed by atoms with Crippen molar-refractivity contribution < 1.29 is 42.5 Å². The maximum Gasteiger partial charge on any atom is 0.338 e. The van der Waals surface area contributed by atoms with Crippen LogP contribution in [-0.4, -0.2) is 57.6 Å². The Morgan fingerprint density at radius 2 is 1.47 bits per heavy atom. The molecule has 0 aliphatic rings. The number of methoxy groups -OCH3 is 3. The lowest BCUT2D eigenvalue weighted by atomic mass is 9.97. The molecule has 4 aromatic rings. The number of rotatable bonds is 14. The summed E-state index contributed by atoms with van der Waals surface area (Å²) in [5, 5.41) is 0. The van der Waals surface area contributed by atoms with Crippen LogP contribution in [0.4, 0.5) is 15.8 Å². The minimum atomic E-state index is -0.809. The molecule has 0 heterocycles. The summed E-state index contributed by atoms with van der Waals surface area (Å²) in [7, 11) is 5.93. The first kappa shape index (κ1) is 38.1. The third-order valence-electron chi connectivity index (χ3n) is 7.93. The molecule has 0 N–H and O–H groups in total. The molecule has 0 radical (unpaired) electrons. The Morgan fingerprint density at radius 3 is 2.08 bits per heavy atom. The lowest BCUT2D eigenvalue weighted by Gasteiger charge is -2.26. The van der Waals surface area contributed by atoms with Crippen molar-refractivity contribution >= 4 is 35.0 Å². The van der Waals surface area contributed by atoms with Crippen LogP contribution < -0.4 is 19.3 Å². The molecule has 0 aliphatic carbocycles. The second kappa shape index (κ2) is 16.8. The first-order chi connectivity index (χ1) is 24.2. The van der Waals surface area contributed by atoms with E-state index in [1.165, 1.54) is 32.3 Å². The number of esters is 2. The number of hydrogen-bond donors (Lipinski definition) is 0. The number of nitrogens with zero attached hydrogens (tertiary/aromatic N) is 2. The zero-order chi connectivity index (χ0) is 37.3. The summed E-state index contributed by atoms with van der Waals surface area (Å²) in [4.78, 5) is 56.5. The van der Waals surface area contributed by atoms with Crippen molar-refractivity contribution in [3.63, 3.8) is 0 Å². The van der Waals surface area contributed by atoms with Crippen LogP contribution >= 0.6 is 0 Å². The number of carbonyl (C=O) groups excluding carboxylic acids is 4. The van der Waals surface area contributed by atoms with Gasteiger partial charge in [0.05, 0.1) is 45.4 Å². The Balaban J connectivity index is 1.67. The molecular weight excluding hydrogens is 655 g/mol. The van der Waals surface area contributed by atoms with Crippen molar-refractivity contribution in [2.45, 2.75) is 52.3 Å². The summed E-state index contributed by atoms with van der Waals surface area (Å²) in [6.45, 7) is 5.68. The first-order valence-electron chi connectivity index (χ1n) is 16.2. The second-order valence-corrected chi connectivity index (χ2v) is 12.9. The smallest absolute Gasteiger partial charge is 0.338 e. The number of benzene rings is 4. The quantitative estimate of drug-likeness (QED) is 0.102. The fourth-order valence-corrected chi connectivity index (χ4v) is 5.50. The van der Waals surface area contributed by atoms with Crippen LogP contribution in [0.15, 0.2) is 84.9 Å². The number of Topliss-reactive ketones (excluding diaryl/α,β-unsaturated/α-hetero) is 1. The third-order valence-corrected chi connectivity index (χ3v) is 7.93. The molecule has 4 rings (SSSR count). The topological polar surface area (TPSA) is 112 Å². The predicted molar refractivity (Wildman–Crippen MR) is 192 cm³/mol. The van der Waals surface area contributed by atoms with Gasteiger partial charge in [0, 0.05) is 43.0 Å². The second-order valence-electron chi connectivity index (χ2n) is 12.9. The number of anilines is 2. The zero-order valence-corrected chi connectivity index (χ0v) is 29.9. The van der Waals surface area contributed by atoms with E-state index in [1.54, 1.807) is 75.2 Å². The van der Waals surface area contributed by atoms with Crippen LogP contribution in [0.25, 0.3) is 0 Å². The predicted octanol–water partition coefficient (Wildman–Crippen LogP) is 6.96. The molecule has 4 aromatic carbocycles. The van der Waals surface area contributed by atoms with Gasteiger partial charge in [-0.3, -0.25) is 9.59 Å². The van der Waals surface area contributed by atoms with Gasteiger partial charge in [0.2, 0.25) is 5.91 Å². The van der Waals surface area contributed by atoms with E-state index in [0.717, 1.165) is 11.6 Å². The summed E-state index contributed by atoms with van der Waals surface area (Å²) in [5.41, 5.74) is 2.02. The Labute approximate surface area is 297 Å². The first-order valence-corrected chi connectivity index (χ1v) is 16.2. The van der Waals surface area contributed by atoms with E-state index < -0.39 is 41.5 Å². The maximum absolute atomic E-state index is 14.9. The molecular formula is C40H43FN2O8. The number of hydrogen-bond acceptors (Lipinski definition) is 9. The SMILES string of the molecule is COC(=O)c1cc(F)cc(N(C)Cc2ccccc2)c1CC(=O)CC(=O)N(Cc1ccc(OC)cc1OC)c1ccc(C(=O)OC(C)(C)C)cc1. The molecule has 0 spiro atoms. The molecule has 1 amide bonds. The van der Waals surface area contributed by atoms with Crippen molar-refractivity contribution in [2.24, 2.45) is 0 Å². The minimum absolute atomic E-state index is 0.0140. The summed E-state index contributed by atoms with van der Waals surface area (Å²) >= 11 is 0. The molecule has 51 heavy (non-hydrogen) atoms. The molecule has 0 saturated heterocycles. The van der Waals surface area contributed by atoms with E-state index in [9.17, 15) is 23.6 Å². The van der Waals surface area contributed by atoms with Crippen LogP contribution in [-0.2, 0) is 38.6 Å². The minimum Gasteiger partial charge on any atom is -0.497 e. The van der Waals surface area contributed by atoms with Gasteiger partial charge in [0.1, 0.15) is 28.7 Å². The van der Waals surface area contributed by atoms with Gasteiger partial charge in [-0.2, -0.15) is 0 Å². The van der Waals surface area contributed by atoms with Crippen LogP contribution in [0.5, 0.6) is 11.5 Å². The maximum atomic E-state index is 14.9. The molecule has 0 bridgehead atoms. The highest BCUT2D eigenvalue weighted by molar-refractivity contribution is 6.07. The largest absolute Gasteiger partial charge is 0.497 e. The molecule has 10 nitrogen and oxygen atoms in total. The van der Waals surface area contributed by atoms with Crippen molar-refractivity contribution in [2.75, 3.05) is 38.2 Å². The molecule has 11 heteroatoms. The number of ether oxygens (including phenoxy) is 4. The van der Waals surface area contributed by atoms with E-state index in [-0.39, 0.29) is 29.7 Å². The van der Waals surface area contributed by atoms with Gasteiger partial charge in [-0.05, 0) is 80.4 Å². The van der Waals surface area contributed by atoms with Gasteiger partial charge in [0.25, 0.3) is 0 Å². The van der Waals surface area contributed by atoms with Crippen molar-refractivity contribution in [3.8, 4) is 11.5 Å². The van der Waals surface area contributed by atoms with Crippen LogP contribution in [0.1, 0.15) is 64.6 Å². The van der Waals surface area contributed by atoms with Gasteiger partial charge in [-0.1, -0.05) is 30.3 Å². The number of amides is 1. The summed E-state index contributed by atoms with van der Waals surface area (Å²) in [6, 6.07) is 23.2. The van der Waals surface area contributed by atoms with Gasteiger partial charge in [-0.25, -0.2) is 14.0 Å². The standard InChI is InChI=1S/C40H43FN2O8/c1-40(2,3)51-38(46)27-13-16-30(17-14-27)43(25-28-15-18-32(48-5)23-36(28)49-6)37(45)22-31(44)21-33-34(39(47)50-7)19-29(41)20-35(33)42(4)24-26-11-9-8-10-12-26/h8-20,23H,21-22,24-25H2,1-7H3. The highest BCUT2D eigenvalue weighted by Crippen LogP contribution is 2.31. The van der Waals surface area contributed by atoms with Crippen LogP contribution in [0.3, 0.4) is 0 Å². The molecule has 0 unspecified atom stereocenters. The average molecular weight is 699 g/mol. The molecule has 0 saturated carbocycles. The van der Waals surface area contributed by atoms with Crippen molar-refractivity contribution in [3.05, 3.63) is 119 Å². The third kappa shape index (κ3) is 10.2. The van der Waals surface area contributed by atoms with Gasteiger partial charge < -0.3 is 28.7 Å². The Kier molecular flexibility index (Phi) is 12.5. The monoisotopic (exact) mass is 698 g/mol. The fraction of sp³-hybridized carbons (Fsp3) is 0.300. The van der Waals surface area contributed by atoms with Gasteiger partial charge in [-0.15, -0.1) is 0 Å². The molecule has 0 atom stereocenters. The Hall–Kier alpha value is -5.71. The number of ketones is 1. The summed E-state index contributed by atoms with van der Waals surface area (Å²) < 4.78 is 36.2. The average Bonchev–Trinajstić information content (AvgIpc) is 3.10. The highest BCUT2D eigenvalue weighted by atomic mass is 19.1. The summed E-state index contributed by atoms with van der Waals surface area (Å²) in [6.07, 6.45) is -0.895. The molecule has 0 aliphatic heterocycles. The van der Waals surface area contributed by atoms with Gasteiger partial charge >= 0.3 is 11.9 Å². The Bertz CT molecular complexity index is 1870. The van der Waals surface area contributed by atoms with Crippen LogP contribution in [0, 0.1) is 5.82 Å². The van der Waals surface area contributed by atoms with E-state index in [4.69, 9.17) is 18.9 Å². The normalized spacial score (nSPS) is 11.0. The van der Waals surface area contributed by atoms with Crippen LogP contribution in [0.2, 0.25) is 0 Å². The zero-order valence-electron chi connectivity index (χ0n) is 29.9. The van der Waals surface area contributed by atoms with E-state index in [2.05, 4.69) is 0 Å². The number of carbonyl (C=O) groups is 4. The fourth-order valence-electron chi connectivity index (χ4n) is 5.50. The lowest BCUT2D eigenvalue weighted by molar-refractivity contribution is -0.126. The van der Waals surface area contributed by atoms with Crippen molar-refractivity contribution in [1.29, 1.82) is 0 Å². The lowest BCUT2D eigenvalue weighted by Crippen LogP contribution is -2.33. The van der Waals surface area contributed by atoms with E-state index >= 15 is 0 Å². The molecule has 268 valence electrons. The summed E-state index contributed by atoms with van der Waals surface area (Å²) in [5.74, 6) is -2.05. The van der Waals surface area contributed by atoms with E-state index in [0.29, 0.717) is 35.0 Å². The Morgan fingerprint density at radius 1 is 0.784 bits per heavy atom. The van der Waals surface area contributed by atoms with Crippen molar-refractivity contribution in [1.82, 2.24) is 0 Å². The number of halogens is 1. The van der Waals surface area contributed by atoms with E-state index in [1.807, 2.05) is 30.3 Å². The molecule has 0 fully saturated rings. The molecule has 0 aromatic heterocycles.